The Morgan fingerprint density at radius 3 is 2.65 bits per heavy atom. The maximum absolute atomic E-state index is 12.8. The van der Waals surface area contributed by atoms with Gasteiger partial charge in [-0.2, -0.15) is 0 Å². The first-order valence-corrected chi connectivity index (χ1v) is 5.64. The van der Waals surface area contributed by atoms with Crippen LogP contribution in [-0.4, -0.2) is 34.7 Å². The number of aliphatic hydroxyl groups excluding tert-OH is 1. The van der Waals surface area contributed by atoms with E-state index in [0.29, 0.717) is 3.57 Å². The van der Waals surface area contributed by atoms with E-state index in [-0.39, 0.29) is 5.56 Å². The van der Waals surface area contributed by atoms with Crippen LogP contribution in [0.1, 0.15) is 10.4 Å². The molecular weight excluding hydrogens is 344 g/mol. The third kappa shape index (κ3) is 3.93. The fourth-order valence-corrected chi connectivity index (χ4v) is 1.77. The molecule has 0 saturated carbocycles. The maximum atomic E-state index is 12.8. The highest BCUT2D eigenvalue weighted by atomic mass is 127. The number of hydrogen-bond acceptors (Lipinski definition) is 3. The van der Waals surface area contributed by atoms with E-state index in [9.17, 15) is 14.0 Å². The van der Waals surface area contributed by atoms with E-state index >= 15 is 0 Å². The van der Waals surface area contributed by atoms with Crippen LogP contribution in [0, 0.1) is 9.39 Å². The van der Waals surface area contributed by atoms with Crippen molar-refractivity contribution >= 4 is 34.5 Å². The Bertz CT molecular complexity index is 452. The highest BCUT2D eigenvalue weighted by molar-refractivity contribution is 14.1. The summed E-state index contributed by atoms with van der Waals surface area (Å²) in [6.07, 6.45) is -1.66. The molecule has 1 amide bonds. The van der Waals surface area contributed by atoms with Gasteiger partial charge in [-0.05, 0) is 40.8 Å². The average Bonchev–Trinajstić information content (AvgIpc) is 2.25. The Labute approximate surface area is 110 Å². The van der Waals surface area contributed by atoms with Gasteiger partial charge in [0.15, 0.2) is 6.10 Å². The molecule has 92 valence electrons. The summed E-state index contributed by atoms with van der Waals surface area (Å²) in [7, 11) is 0. The van der Waals surface area contributed by atoms with Gasteiger partial charge in [-0.25, -0.2) is 9.18 Å². The molecule has 1 rings (SSSR count). The highest BCUT2D eigenvalue weighted by Crippen LogP contribution is 2.13. The van der Waals surface area contributed by atoms with Gasteiger partial charge >= 0.3 is 5.97 Å². The molecule has 1 aromatic carbocycles. The normalized spacial score (nSPS) is 11.9. The molecular formula is C10H9FINO4. The number of aliphatic carboxylic acids is 1. The Hall–Kier alpha value is -1.22. The van der Waals surface area contributed by atoms with E-state index in [2.05, 4.69) is 5.32 Å². The van der Waals surface area contributed by atoms with Crippen molar-refractivity contribution in [1.82, 2.24) is 5.32 Å². The van der Waals surface area contributed by atoms with E-state index in [1.807, 2.05) is 0 Å². The fourth-order valence-electron chi connectivity index (χ4n) is 1.05. The minimum atomic E-state index is -1.66. The van der Waals surface area contributed by atoms with Crippen molar-refractivity contribution in [3.8, 4) is 0 Å². The minimum absolute atomic E-state index is 0.226. The summed E-state index contributed by atoms with van der Waals surface area (Å²) in [5.41, 5.74) is 0.226. The summed E-state index contributed by atoms with van der Waals surface area (Å²) in [6, 6.07) is 3.60. The number of aliphatic hydroxyl groups is 1. The van der Waals surface area contributed by atoms with Crippen LogP contribution < -0.4 is 5.32 Å². The van der Waals surface area contributed by atoms with E-state index in [1.165, 1.54) is 12.1 Å². The van der Waals surface area contributed by atoms with Crippen LogP contribution in [0.25, 0.3) is 0 Å². The molecule has 1 aromatic rings. The average molecular weight is 353 g/mol. The van der Waals surface area contributed by atoms with Crippen molar-refractivity contribution in [1.29, 1.82) is 0 Å². The number of benzene rings is 1. The molecule has 17 heavy (non-hydrogen) atoms. The molecule has 1 atom stereocenters. The number of halogens is 2. The Kier molecular flexibility index (Phi) is 4.82. The second kappa shape index (κ2) is 5.92. The zero-order valence-electron chi connectivity index (χ0n) is 8.48. The molecule has 0 aliphatic heterocycles. The van der Waals surface area contributed by atoms with Gasteiger partial charge in [-0.3, -0.25) is 4.79 Å². The lowest BCUT2D eigenvalue weighted by Crippen LogP contribution is -2.36. The molecule has 0 aliphatic rings. The standard InChI is InChI=1S/C10H9FINO4/c11-5-1-2-6(7(12)3-5)9(15)13-4-8(14)10(16)17/h1-3,8,14H,4H2,(H,13,15)(H,16,17). The van der Waals surface area contributed by atoms with Gasteiger partial charge in [0, 0.05) is 3.57 Å². The molecule has 0 aromatic heterocycles. The van der Waals surface area contributed by atoms with Gasteiger partial charge in [0.05, 0.1) is 12.1 Å². The summed E-state index contributed by atoms with van der Waals surface area (Å²) in [6.45, 7) is -0.401. The van der Waals surface area contributed by atoms with Gasteiger partial charge in [-0.15, -0.1) is 0 Å². The first-order valence-electron chi connectivity index (χ1n) is 4.56. The molecule has 0 fully saturated rings. The lowest BCUT2D eigenvalue weighted by molar-refractivity contribution is -0.146. The predicted molar refractivity (Wildman–Crippen MR) is 65.1 cm³/mol. The molecule has 5 nitrogen and oxygen atoms in total. The monoisotopic (exact) mass is 353 g/mol. The van der Waals surface area contributed by atoms with Gasteiger partial charge in [0.25, 0.3) is 5.91 Å². The Morgan fingerprint density at radius 2 is 2.12 bits per heavy atom. The molecule has 0 radical (unpaired) electrons. The third-order valence-corrected chi connectivity index (χ3v) is 2.81. The van der Waals surface area contributed by atoms with Crippen LogP contribution >= 0.6 is 22.6 Å². The summed E-state index contributed by atoms with van der Waals surface area (Å²) in [4.78, 5) is 21.9. The number of carbonyl (C=O) groups is 2. The Balaban J connectivity index is 2.67. The SMILES string of the molecule is O=C(NCC(O)C(=O)O)c1ccc(F)cc1I. The molecule has 7 heteroatoms. The summed E-state index contributed by atoms with van der Waals surface area (Å²) in [5.74, 6) is -2.44. The molecule has 0 spiro atoms. The first kappa shape index (κ1) is 13.8. The van der Waals surface area contributed by atoms with Gasteiger partial charge in [0.1, 0.15) is 5.82 Å². The number of carboxylic acids is 1. The lowest BCUT2D eigenvalue weighted by atomic mass is 10.2. The molecule has 3 N–H and O–H groups in total. The van der Waals surface area contributed by atoms with E-state index in [1.54, 1.807) is 22.6 Å². The zero-order chi connectivity index (χ0) is 13.0. The van der Waals surface area contributed by atoms with Crippen LogP contribution in [0.3, 0.4) is 0 Å². The molecule has 0 bridgehead atoms. The smallest absolute Gasteiger partial charge is 0.334 e. The second-order valence-electron chi connectivity index (χ2n) is 3.19. The quantitative estimate of drug-likeness (QED) is 0.693. The second-order valence-corrected chi connectivity index (χ2v) is 4.35. The van der Waals surface area contributed by atoms with Crippen LogP contribution in [0.2, 0.25) is 0 Å². The summed E-state index contributed by atoms with van der Waals surface area (Å²) < 4.78 is 13.2. The van der Waals surface area contributed by atoms with E-state index in [0.717, 1.165) is 6.07 Å². The minimum Gasteiger partial charge on any atom is -0.479 e. The molecule has 0 aliphatic carbocycles. The summed E-state index contributed by atoms with van der Waals surface area (Å²) in [5, 5.41) is 19.6. The van der Waals surface area contributed by atoms with Crippen LogP contribution in [0.5, 0.6) is 0 Å². The lowest BCUT2D eigenvalue weighted by Gasteiger charge is -2.08. The van der Waals surface area contributed by atoms with Crippen molar-refractivity contribution in [2.75, 3.05) is 6.54 Å². The van der Waals surface area contributed by atoms with Crippen LogP contribution in [0.15, 0.2) is 18.2 Å². The number of amides is 1. The maximum Gasteiger partial charge on any atom is 0.334 e. The topological polar surface area (TPSA) is 86.6 Å². The fraction of sp³-hybridized carbons (Fsp3) is 0.200. The van der Waals surface area contributed by atoms with Gasteiger partial charge in [-0.1, -0.05) is 0 Å². The number of hydrogen-bond donors (Lipinski definition) is 3. The van der Waals surface area contributed by atoms with Gasteiger partial charge in [0.2, 0.25) is 0 Å². The largest absolute Gasteiger partial charge is 0.479 e. The van der Waals surface area contributed by atoms with E-state index < -0.39 is 30.3 Å². The number of nitrogens with one attached hydrogen (secondary N) is 1. The van der Waals surface area contributed by atoms with Crippen LogP contribution in [0.4, 0.5) is 4.39 Å². The van der Waals surface area contributed by atoms with Crippen molar-refractivity contribution in [2.45, 2.75) is 6.10 Å². The molecule has 1 unspecified atom stereocenters. The van der Waals surface area contributed by atoms with Crippen molar-refractivity contribution in [3.63, 3.8) is 0 Å². The Morgan fingerprint density at radius 1 is 1.47 bits per heavy atom. The van der Waals surface area contributed by atoms with Crippen LogP contribution in [-0.2, 0) is 4.79 Å². The zero-order valence-corrected chi connectivity index (χ0v) is 10.6. The molecule has 0 heterocycles. The number of rotatable bonds is 4. The van der Waals surface area contributed by atoms with Crippen molar-refractivity contribution < 1.29 is 24.2 Å². The highest BCUT2D eigenvalue weighted by Gasteiger charge is 2.16. The summed E-state index contributed by atoms with van der Waals surface area (Å²) >= 11 is 1.79. The first-order chi connectivity index (χ1) is 7.91. The van der Waals surface area contributed by atoms with E-state index in [4.69, 9.17) is 10.2 Å². The van der Waals surface area contributed by atoms with Crippen molar-refractivity contribution in [2.24, 2.45) is 0 Å². The van der Waals surface area contributed by atoms with Gasteiger partial charge < -0.3 is 15.5 Å². The number of carboxylic acid groups (broad SMARTS) is 1. The predicted octanol–water partition coefficient (Wildman–Crippen LogP) is 0.606. The number of carbonyl (C=O) groups excluding carboxylic acids is 1. The molecule has 0 saturated heterocycles. The third-order valence-electron chi connectivity index (χ3n) is 1.92. The van der Waals surface area contributed by atoms with Crippen molar-refractivity contribution in [3.05, 3.63) is 33.1 Å².